The average molecular weight is 328 g/mol. The van der Waals surface area contributed by atoms with Gasteiger partial charge in [0.2, 0.25) is 0 Å². The number of carbonyl (C=O) groups excluding carboxylic acids is 1. The molecule has 104 valence electrons. The quantitative estimate of drug-likeness (QED) is 0.803. The monoisotopic (exact) mass is 327 g/mol. The number of halogens is 2. The first-order valence-electron chi connectivity index (χ1n) is 6.14. The number of fused-ring (bicyclic) bond motifs is 1. The lowest BCUT2D eigenvalue weighted by molar-refractivity contribution is 0.0679. The molecule has 0 bridgehead atoms. The molecule has 0 aromatic carbocycles. The molecule has 3 rings (SSSR count). The van der Waals surface area contributed by atoms with E-state index in [4.69, 9.17) is 23.2 Å². The van der Waals surface area contributed by atoms with Crippen LogP contribution in [0.3, 0.4) is 0 Å². The van der Waals surface area contributed by atoms with Crippen molar-refractivity contribution in [3.63, 3.8) is 0 Å². The molecule has 2 aromatic rings. The Bertz CT molecular complexity index is 673. The first-order chi connectivity index (χ1) is 9.58. The molecule has 7 heteroatoms. The summed E-state index contributed by atoms with van der Waals surface area (Å²) in [5.74, 6) is -0.156. The summed E-state index contributed by atoms with van der Waals surface area (Å²) in [4.78, 5) is 15.8. The topological polar surface area (TPSA) is 46.1 Å². The summed E-state index contributed by atoms with van der Waals surface area (Å²) in [6.45, 7) is 2.69. The molecule has 0 fully saturated rings. The fourth-order valence-corrected chi connectivity index (χ4v) is 3.73. The Hall–Kier alpha value is -1.17. The standard InChI is InChI=1S/C13H11Cl2N3OS/c1-7-8-3-5-20-10(8)2-4-18(7)13(19)9-6-11(14)16-17-12(9)15/h3,5-7H,2,4H2,1H3. The van der Waals surface area contributed by atoms with Crippen molar-refractivity contribution in [2.45, 2.75) is 19.4 Å². The van der Waals surface area contributed by atoms with E-state index < -0.39 is 0 Å². The van der Waals surface area contributed by atoms with Crippen molar-refractivity contribution < 1.29 is 4.79 Å². The summed E-state index contributed by atoms with van der Waals surface area (Å²) in [5, 5.41) is 9.63. The van der Waals surface area contributed by atoms with Gasteiger partial charge in [0.05, 0.1) is 11.6 Å². The summed E-state index contributed by atoms with van der Waals surface area (Å²) in [7, 11) is 0. The van der Waals surface area contributed by atoms with E-state index in [0.717, 1.165) is 6.42 Å². The van der Waals surface area contributed by atoms with Gasteiger partial charge in [0.15, 0.2) is 10.3 Å². The zero-order valence-corrected chi connectivity index (χ0v) is 13.0. The second kappa shape index (κ2) is 5.31. The van der Waals surface area contributed by atoms with E-state index in [0.29, 0.717) is 12.1 Å². The lowest BCUT2D eigenvalue weighted by Crippen LogP contribution is -2.38. The van der Waals surface area contributed by atoms with Crippen molar-refractivity contribution in [3.8, 4) is 0 Å². The largest absolute Gasteiger partial charge is 0.331 e. The number of rotatable bonds is 1. The van der Waals surface area contributed by atoms with Gasteiger partial charge in [-0.1, -0.05) is 23.2 Å². The molecule has 0 spiro atoms. The van der Waals surface area contributed by atoms with Crippen molar-refractivity contribution >= 4 is 40.4 Å². The zero-order valence-electron chi connectivity index (χ0n) is 10.6. The van der Waals surface area contributed by atoms with Crippen LogP contribution in [0.15, 0.2) is 17.5 Å². The molecule has 0 aliphatic carbocycles. The zero-order chi connectivity index (χ0) is 14.3. The summed E-state index contributed by atoms with van der Waals surface area (Å²) in [6.07, 6.45) is 0.868. The van der Waals surface area contributed by atoms with Crippen LogP contribution in [0.1, 0.15) is 33.8 Å². The van der Waals surface area contributed by atoms with E-state index in [1.165, 1.54) is 16.5 Å². The Morgan fingerprint density at radius 2 is 2.25 bits per heavy atom. The van der Waals surface area contributed by atoms with Gasteiger partial charge in [-0.15, -0.1) is 21.5 Å². The van der Waals surface area contributed by atoms with Gasteiger partial charge in [-0.3, -0.25) is 4.79 Å². The highest BCUT2D eigenvalue weighted by Crippen LogP contribution is 2.34. The van der Waals surface area contributed by atoms with E-state index in [1.807, 2.05) is 6.92 Å². The first-order valence-corrected chi connectivity index (χ1v) is 7.77. The molecule has 0 saturated heterocycles. The highest BCUT2D eigenvalue weighted by atomic mass is 35.5. The second-order valence-corrected chi connectivity index (χ2v) is 6.34. The van der Waals surface area contributed by atoms with Crippen molar-refractivity contribution in [1.29, 1.82) is 0 Å². The third-order valence-corrected chi connectivity index (χ3v) is 4.95. The number of amides is 1. The first kappa shape index (κ1) is 13.8. The van der Waals surface area contributed by atoms with E-state index in [2.05, 4.69) is 21.6 Å². The summed E-state index contributed by atoms with van der Waals surface area (Å²) < 4.78 is 0. The lowest BCUT2D eigenvalue weighted by atomic mass is 10.0. The number of thiophene rings is 1. The number of hydrogen-bond donors (Lipinski definition) is 0. The molecule has 1 aliphatic rings. The number of hydrogen-bond acceptors (Lipinski definition) is 4. The molecule has 1 amide bonds. The van der Waals surface area contributed by atoms with E-state index in [1.54, 1.807) is 16.2 Å². The molecule has 4 nitrogen and oxygen atoms in total. The number of aromatic nitrogens is 2. The van der Waals surface area contributed by atoms with E-state index in [-0.39, 0.29) is 22.3 Å². The fourth-order valence-electron chi connectivity index (χ4n) is 2.44. The van der Waals surface area contributed by atoms with Gasteiger partial charge in [0.25, 0.3) is 5.91 Å². The summed E-state index contributed by atoms with van der Waals surface area (Å²) in [5.41, 5.74) is 1.51. The Balaban J connectivity index is 1.94. The smallest absolute Gasteiger partial charge is 0.257 e. The molecule has 0 N–H and O–H groups in total. The predicted octanol–water partition coefficient (Wildman–Crippen LogP) is 3.60. The van der Waals surface area contributed by atoms with Gasteiger partial charge in [-0.05, 0) is 36.4 Å². The maximum absolute atomic E-state index is 12.6. The highest BCUT2D eigenvalue weighted by Gasteiger charge is 2.30. The second-order valence-electron chi connectivity index (χ2n) is 4.60. The molecule has 0 saturated carbocycles. The molecule has 0 radical (unpaired) electrons. The molecule has 1 aliphatic heterocycles. The summed E-state index contributed by atoms with van der Waals surface area (Å²) >= 11 is 13.5. The minimum absolute atomic E-state index is 0.0282. The molecule has 1 unspecified atom stereocenters. The van der Waals surface area contributed by atoms with Crippen molar-refractivity contribution in [1.82, 2.24) is 15.1 Å². The predicted molar refractivity (Wildman–Crippen MR) is 79.5 cm³/mol. The average Bonchev–Trinajstić information content (AvgIpc) is 2.90. The van der Waals surface area contributed by atoms with Crippen LogP contribution in [0, 0.1) is 0 Å². The molecule has 3 heterocycles. The molecule has 1 atom stereocenters. The Kier molecular flexibility index (Phi) is 3.67. The Morgan fingerprint density at radius 1 is 1.45 bits per heavy atom. The van der Waals surface area contributed by atoms with Crippen LogP contribution in [0.2, 0.25) is 10.3 Å². The normalized spacial score (nSPS) is 17.9. The number of nitrogens with zero attached hydrogens (tertiary/aromatic N) is 3. The van der Waals surface area contributed by atoms with Crippen molar-refractivity contribution in [2.75, 3.05) is 6.54 Å². The van der Waals surface area contributed by atoms with Crippen LogP contribution in [-0.4, -0.2) is 27.5 Å². The molecule has 2 aromatic heterocycles. The minimum atomic E-state index is -0.156. The number of carbonyl (C=O) groups is 1. The lowest BCUT2D eigenvalue weighted by Gasteiger charge is -2.33. The fraction of sp³-hybridized carbons (Fsp3) is 0.308. The van der Waals surface area contributed by atoms with Gasteiger partial charge >= 0.3 is 0 Å². The van der Waals surface area contributed by atoms with Crippen molar-refractivity contribution in [2.24, 2.45) is 0 Å². The Morgan fingerprint density at radius 3 is 3.05 bits per heavy atom. The van der Waals surface area contributed by atoms with Gasteiger partial charge < -0.3 is 4.90 Å². The third-order valence-electron chi connectivity index (χ3n) is 3.49. The molecular weight excluding hydrogens is 317 g/mol. The van der Waals surface area contributed by atoms with Gasteiger partial charge in [-0.25, -0.2) is 0 Å². The van der Waals surface area contributed by atoms with Crippen LogP contribution in [-0.2, 0) is 6.42 Å². The third kappa shape index (κ3) is 2.30. The maximum Gasteiger partial charge on any atom is 0.257 e. The minimum Gasteiger partial charge on any atom is -0.331 e. The summed E-state index contributed by atoms with van der Waals surface area (Å²) in [6, 6.07) is 3.57. The van der Waals surface area contributed by atoms with Crippen molar-refractivity contribution in [3.05, 3.63) is 43.8 Å². The van der Waals surface area contributed by atoms with Gasteiger partial charge in [0, 0.05) is 11.4 Å². The highest BCUT2D eigenvalue weighted by molar-refractivity contribution is 7.10. The SMILES string of the molecule is CC1c2ccsc2CCN1C(=O)c1cc(Cl)nnc1Cl. The van der Waals surface area contributed by atoms with Crippen LogP contribution in [0.4, 0.5) is 0 Å². The Labute approximate surface area is 130 Å². The van der Waals surface area contributed by atoms with Crippen LogP contribution in [0.5, 0.6) is 0 Å². The van der Waals surface area contributed by atoms with Crippen LogP contribution < -0.4 is 0 Å². The van der Waals surface area contributed by atoms with Crippen LogP contribution in [0.25, 0.3) is 0 Å². The maximum atomic E-state index is 12.6. The van der Waals surface area contributed by atoms with Gasteiger partial charge in [0.1, 0.15) is 0 Å². The molecule has 20 heavy (non-hydrogen) atoms. The van der Waals surface area contributed by atoms with Gasteiger partial charge in [-0.2, -0.15) is 0 Å². The molecular formula is C13H11Cl2N3OS. The van der Waals surface area contributed by atoms with Crippen LogP contribution >= 0.6 is 34.5 Å². The van der Waals surface area contributed by atoms with E-state index >= 15 is 0 Å². The van der Waals surface area contributed by atoms with E-state index in [9.17, 15) is 4.79 Å².